The average molecular weight is 332 g/mol. The van der Waals surface area contributed by atoms with Crippen molar-refractivity contribution in [3.63, 3.8) is 0 Å². The molecule has 0 spiro atoms. The van der Waals surface area contributed by atoms with Gasteiger partial charge in [0.05, 0.1) is 6.54 Å². The van der Waals surface area contributed by atoms with E-state index < -0.39 is 0 Å². The van der Waals surface area contributed by atoms with E-state index in [4.69, 9.17) is 11.6 Å². The van der Waals surface area contributed by atoms with Crippen molar-refractivity contribution in [2.24, 2.45) is 0 Å². The summed E-state index contributed by atoms with van der Waals surface area (Å²) in [5, 5.41) is 7.04. The number of rotatable bonds is 6. The first-order valence-electron chi connectivity index (χ1n) is 7.29. The van der Waals surface area contributed by atoms with Crippen molar-refractivity contribution in [3.05, 3.63) is 10.0 Å². The van der Waals surface area contributed by atoms with Gasteiger partial charge in [0, 0.05) is 50.3 Å². The third-order valence-electron chi connectivity index (χ3n) is 3.73. The van der Waals surface area contributed by atoms with Gasteiger partial charge in [0.15, 0.2) is 0 Å². The normalized spacial score (nSPS) is 18.6. The second-order valence-electron chi connectivity index (χ2n) is 5.42. The van der Waals surface area contributed by atoms with E-state index in [1.54, 1.807) is 0 Å². The van der Waals surface area contributed by atoms with Gasteiger partial charge in [-0.15, -0.1) is 5.10 Å². The van der Waals surface area contributed by atoms with Crippen LogP contribution in [0.15, 0.2) is 0 Å². The van der Waals surface area contributed by atoms with E-state index in [1.807, 2.05) is 6.92 Å². The van der Waals surface area contributed by atoms with Crippen molar-refractivity contribution < 1.29 is 4.79 Å². The molecule has 1 saturated heterocycles. The van der Waals surface area contributed by atoms with E-state index >= 15 is 0 Å². The molecule has 0 aliphatic carbocycles. The van der Waals surface area contributed by atoms with Gasteiger partial charge in [0.1, 0.15) is 10.0 Å². The van der Waals surface area contributed by atoms with Crippen molar-refractivity contribution in [1.29, 1.82) is 0 Å². The fourth-order valence-electron chi connectivity index (χ4n) is 2.23. The van der Waals surface area contributed by atoms with Crippen molar-refractivity contribution in [3.8, 4) is 0 Å². The topological polar surface area (TPSA) is 61.4 Å². The maximum absolute atomic E-state index is 11.9. The van der Waals surface area contributed by atoms with Crippen LogP contribution in [0.2, 0.25) is 4.34 Å². The van der Waals surface area contributed by atoms with Crippen LogP contribution in [0.25, 0.3) is 0 Å². The third-order valence-corrected chi connectivity index (χ3v) is 4.72. The molecule has 0 radical (unpaired) electrons. The zero-order valence-electron chi connectivity index (χ0n) is 12.5. The van der Waals surface area contributed by atoms with Crippen LogP contribution in [0, 0.1) is 0 Å². The number of hydrogen-bond acceptors (Lipinski definition) is 6. The summed E-state index contributed by atoms with van der Waals surface area (Å²) in [5.74, 6) is 0.115. The van der Waals surface area contributed by atoms with Crippen LogP contribution in [0.5, 0.6) is 0 Å². The molecule has 1 fully saturated rings. The van der Waals surface area contributed by atoms with Gasteiger partial charge < -0.3 is 5.32 Å². The summed E-state index contributed by atoms with van der Waals surface area (Å²) in [7, 11) is 0. The van der Waals surface area contributed by atoms with Crippen LogP contribution in [-0.4, -0.2) is 64.1 Å². The van der Waals surface area contributed by atoms with Crippen LogP contribution < -0.4 is 5.32 Å². The molecule has 2 rings (SSSR count). The lowest BCUT2D eigenvalue weighted by molar-refractivity contribution is -0.123. The van der Waals surface area contributed by atoms with Gasteiger partial charge in [-0.1, -0.05) is 23.0 Å². The fourth-order valence-corrected chi connectivity index (χ4v) is 2.85. The summed E-state index contributed by atoms with van der Waals surface area (Å²) in [6.07, 6.45) is 0.960. The minimum Gasteiger partial charge on any atom is -0.353 e. The maximum atomic E-state index is 11.9. The number of amides is 1. The first-order chi connectivity index (χ1) is 10.1. The molecule has 0 saturated carbocycles. The third kappa shape index (κ3) is 5.18. The van der Waals surface area contributed by atoms with E-state index in [9.17, 15) is 4.79 Å². The van der Waals surface area contributed by atoms with E-state index in [1.165, 1.54) is 11.5 Å². The Labute approximate surface area is 134 Å². The highest BCUT2D eigenvalue weighted by Crippen LogP contribution is 2.19. The SMILES string of the molecule is CCC(C)NC(=O)CN1CCN(Cc2nnsc2Cl)CC1. The Kier molecular flexibility index (Phi) is 6.35. The quantitative estimate of drug-likeness (QED) is 0.849. The van der Waals surface area contributed by atoms with Crippen LogP contribution >= 0.6 is 23.1 Å². The molecular formula is C13H22ClN5OS. The predicted octanol–water partition coefficient (Wildman–Crippen LogP) is 1.22. The number of nitrogens with zero attached hydrogens (tertiary/aromatic N) is 4. The second kappa shape index (κ2) is 8.03. The van der Waals surface area contributed by atoms with E-state index in [2.05, 4.69) is 31.6 Å². The molecule has 118 valence electrons. The summed E-state index contributed by atoms with van der Waals surface area (Å²) in [6, 6.07) is 0.248. The molecule has 1 atom stereocenters. The molecule has 1 aromatic heterocycles. The monoisotopic (exact) mass is 331 g/mol. The summed E-state index contributed by atoms with van der Waals surface area (Å²) in [4.78, 5) is 16.3. The summed E-state index contributed by atoms with van der Waals surface area (Å²) in [5.41, 5.74) is 0.852. The Morgan fingerprint density at radius 2 is 2.05 bits per heavy atom. The number of carbonyl (C=O) groups excluding carboxylic acids is 1. The van der Waals surface area contributed by atoms with Gasteiger partial charge in [0.25, 0.3) is 0 Å². The van der Waals surface area contributed by atoms with Crippen molar-refractivity contribution in [2.75, 3.05) is 32.7 Å². The van der Waals surface area contributed by atoms with Crippen molar-refractivity contribution in [1.82, 2.24) is 24.7 Å². The molecule has 1 N–H and O–H groups in total. The Balaban J connectivity index is 1.71. The lowest BCUT2D eigenvalue weighted by Gasteiger charge is -2.34. The Morgan fingerprint density at radius 3 is 2.62 bits per heavy atom. The minimum atomic E-state index is 0.115. The molecule has 2 heterocycles. The molecule has 8 heteroatoms. The van der Waals surface area contributed by atoms with Crippen LogP contribution in [0.3, 0.4) is 0 Å². The minimum absolute atomic E-state index is 0.115. The van der Waals surface area contributed by atoms with Crippen LogP contribution in [0.4, 0.5) is 0 Å². The molecule has 1 aromatic rings. The number of hydrogen-bond donors (Lipinski definition) is 1. The van der Waals surface area contributed by atoms with E-state index in [0.29, 0.717) is 10.9 Å². The Hall–Kier alpha value is -0.760. The molecule has 1 unspecified atom stereocenters. The molecule has 1 aliphatic heterocycles. The van der Waals surface area contributed by atoms with E-state index in [0.717, 1.165) is 44.8 Å². The molecule has 1 amide bonds. The Bertz CT molecular complexity index is 461. The summed E-state index contributed by atoms with van der Waals surface area (Å²) in [6.45, 7) is 8.95. The zero-order chi connectivity index (χ0) is 15.2. The van der Waals surface area contributed by atoms with Crippen LogP contribution in [-0.2, 0) is 11.3 Å². The summed E-state index contributed by atoms with van der Waals surface area (Å²) < 4.78 is 4.52. The molecule has 1 aliphatic rings. The first-order valence-corrected chi connectivity index (χ1v) is 8.44. The van der Waals surface area contributed by atoms with E-state index in [-0.39, 0.29) is 11.9 Å². The molecular weight excluding hydrogens is 310 g/mol. The lowest BCUT2D eigenvalue weighted by Crippen LogP contribution is -2.49. The largest absolute Gasteiger partial charge is 0.353 e. The standard InChI is InChI=1S/C13H22ClN5OS/c1-3-10(2)15-12(20)9-19-6-4-18(5-7-19)8-11-13(14)21-17-16-11/h10H,3-9H2,1-2H3,(H,15,20). The first kappa shape index (κ1) is 16.6. The Morgan fingerprint density at radius 1 is 1.38 bits per heavy atom. The van der Waals surface area contributed by atoms with Gasteiger partial charge in [-0.25, -0.2) is 0 Å². The number of aromatic nitrogens is 2. The fraction of sp³-hybridized carbons (Fsp3) is 0.769. The highest BCUT2D eigenvalue weighted by Gasteiger charge is 2.20. The van der Waals surface area contributed by atoms with Gasteiger partial charge in [0.2, 0.25) is 5.91 Å². The highest BCUT2D eigenvalue weighted by atomic mass is 35.5. The van der Waals surface area contributed by atoms with Crippen molar-refractivity contribution >= 4 is 29.0 Å². The number of halogens is 1. The maximum Gasteiger partial charge on any atom is 0.234 e. The average Bonchev–Trinajstić information content (AvgIpc) is 2.86. The molecule has 21 heavy (non-hydrogen) atoms. The second-order valence-corrected chi connectivity index (χ2v) is 6.78. The number of nitrogens with one attached hydrogen (secondary N) is 1. The van der Waals surface area contributed by atoms with Gasteiger partial charge >= 0.3 is 0 Å². The zero-order valence-corrected chi connectivity index (χ0v) is 14.1. The lowest BCUT2D eigenvalue weighted by atomic mass is 10.2. The van der Waals surface area contributed by atoms with Gasteiger partial charge in [-0.2, -0.15) is 0 Å². The molecule has 0 bridgehead atoms. The smallest absolute Gasteiger partial charge is 0.234 e. The molecule has 0 aromatic carbocycles. The highest BCUT2D eigenvalue weighted by molar-refractivity contribution is 7.10. The molecule has 6 nitrogen and oxygen atoms in total. The predicted molar refractivity (Wildman–Crippen MR) is 84.5 cm³/mol. The van der Waals surface area contributed by atoms with Crippen molar-refractivity contribution in [2.45, 2.75) is 32.9 Å². The van der Waals surface area contributed by atoms with Gasteiger partial charge in [-0.05, 0) is 13.3 Å². The van der Waals surface area contributed by atoms with Crippen LogP contribution in [0.1, 0.15) is 26.0 Å². The number of carbonyl (C=O) groups is 1. The number of piperazine rings is 1. The summed E-state index contributed by atoms with van der Waals surface area (Å²) >= 11 is 7.25. The van der Waals surface area contributed by atoms with Gasteiger partial charge in [-0.3, -0.25) is 14.6 Å².